The molecule has 0 aliphatic rings. The van der Waals surface area contributed by atoms with E-state index in [4.69, 9.17) is 0 Å². The third-order valence-corrected chi connectivity index (χ3v) is 8.85. The van der Waals surface area contributed by atoms with Gasteiger partial charge in [0.2, 0.25) is 0 Å². The summed E-state index contributed by atoms with van der Waals surface area (Å²) >= 11 is 0. The number of anilines is 6. The molecule has 0 bridgehead atoms. The Morgan fingerprint density at radius 1 is 0.537 bits per heavy atom. The number of hydrazine groups is 2. The number of hydrogen-bond donors (Lipinski definition) is 6. The summed E-state index contributed by atoms with van der Waals surface area (Å²) in [5, 5.41) is 22.3. The Bertz CT molecular complexity index is 2320. The normalized spacial score (nSPS) is 11.2. The molecule has 0 atom stereocenters. The van der Waals surface area contributed by atoms with Crippen LogP contribution in [-0.2, 0) is 20.2 Å². The average molecular weight is 791 g/mol. The van der Waals surface area contributed by atoms with Gasteiger partial charge >= 0.3 is 71.1 Å². The molecule has 0 aliphatic heterocycles. The maximum atomic E-state index is 12.7. The molecule has 4 aromatic carbocycles. The van der Waals surface area contributed by atoms with Crippen molar-refractivity contribution >= 4 is 126 Å². The fraction of sp³-hybridized carbons (Fsp3) is 0. The van der Waals surface area contributed by atoms with Crippen molar-refractivity contribution in [2.24, 2.45) is 0 Å². The Hall–Kier alpha value is -4.74. The summed E-state index contributed by atoms with van der Waals surface area (Å²) in [5.74, 6) is -0.246. The molecule has 6 rings (SSSR count). The van der Waals surface area contributed by atoms with Crippen molar-refractivity contribution in [1.29, 1.82) is 0 Å². The summed E-state index contributed by atoms with van der Waals surface area (Å²) < 4.78 is 71.1. The van der Waals surface area contributed by atoms with Crippen LogP contribution in [0.5, 0.6) is 12.0 Å². The third-order valence-electron chi connectivity index (χ3n) is 7.03. The van der Waals surface area contributed by atoms with E-state index in [-0.39, 0.29) is 93.5 Å². The summed E-state index contributed by atoms with van der Waals surface area (Å²) in [5.41, 5.74) is 7.17. The SMILES string of the molecule is O=S(=O)(O)c1cc(N(Nc2ccccc2)c2ncnc(O)n2)ccc1C=Cc1ccc(N(Nc2ccccc2)c2ncnc(O)n2)cc1S(=O)(=O)O.[NaH].[NaH]. The first kappa shape index (κ1) is 42.0. The van der Waals surface area contributed by atoms with Gasteiger partial charge in [0.1, 0.15) is 22.4 Å². The van der Waals surface area contributed by atoms with Gasteiger partial charge < -0.3 is 10.2 Å². The van der Waals surface area contributed by atoms with E-state index in [1.165, 1.54) is 46.4 Å². The van der Waals surface area contributed by atoms with Gasteiger partial charge in [0.25, 0.3) is 32.1 Å². The minimum absolute atomic E-state index is 0. The molecule has 54 heavy (non-hydrogen) atoms. The topological polar surface area (TPSA) is 257 Å². The summed E-state index contributed by atoms with van der Waals surface area (Å²) in [7, 11) is -9.82. The number of benzene rings is 4. The van der Waals surface area contributed by atoms with Gasteiger partial charge in [0.15, 0.2) is 0 Å². The van der Waals surface area contributed by atoms with E-state index in [1.807, 2.05) is 0 Å². The molecule has 18 nitrogen and oxygen atoms in total. The summed E-state index contributed by atoms with van der Waals surface area (Å²) in [6.07, 6.45) is 4.54. The molecule has 0 amide bonds. The summed E-state index contributed by atoms with van der Waals surface area (Å²) in [6, 6.07) is 23.9. The van der Waals surface area contributed by atoms with Gasteiger partial charge in [0.05, 0.1) is 22.7 Å². The van der Waals surface area contributed by atoms with Crippen molar-refractivity contribution in [1.82, 2.24) is 29.9 Å². The molecule has 0 spiro atoms. The second-order valence-corrected chi connectivity index (χ2v) is 13.3. The van der Waals surface area contributed by atoms with Gasteiger partial charge in [-0.25, -0.2) is 10.0 Å². The minimum atomic E-state index is -4.91. The molecule has 0 aliphatic carbocycles. The standard InChI is InChI=1S/C32H26N10O8S2.2Na.2H/c43-31-35-19-33-29(37-31)41(39-23-7-3-1-4-8-23)25-15-13-21(27(17-25)51(45,46)47)11-12-22-14-16-26(18-28(22)52(48,49)50)42(30-34-20-36-32(44)38-30)40-24-9-5-2-6-10-24;;;;/h1-20,39-40H,(H,45,46,47)(H,48,49,50)(H,33,35,37,43)(H,34,36,38,44);;;;. The van der Waals surface area contributed by atoms with Gasteiger partial charge in [-0.1, -0.05) is 60.7 Å². The van der Waals surface area contributed by atoms with E-state index in [9.17, 15) is 36.2 Å². The van der Waals surface area contributed by atoms with E-state index in [1.54, 1.807) is 60.7 Å². The van der Waals surface area contributed by atoms with Crippen LogP contribution in [0, 0.1) is 0 Å². The first-order chi connectivity index (χ1) is 24.8. The van der Waals surface area contributed by atoms with Gasteiger partial charge in [-0.3, -0.25) is 20.0 Å². The van der Waals surface area contributed by atoms with Crippen molar-refractivity contribution < 1.29 is 36.2 Å². The molecule has 0 fully saturated rings. The molecule has 6 N–H and O–H groups in total. The Kier molecular flexibility index (Phi) is 14.0. The molecular formula is C32H28N10Na2O8S2. The monoisotopic (exact) mass is 790 g/mol. The van der Waals surface area contributed by atoms with Crippen molar-refractivity contribution in [2.75, 3.05) is 20.9 Å². The second kappa shape index (κ2) is 18.1. The second-order valence-electron chi connectivity index (χ2n) is 10.5. The molecule has 2 heterocycles. The quantitative estimate of drug-likeness (QED) is 0.0450. The predicted molar refractivity (Wildman–Crippen MR) is 203 cm³/mol. The van der Waals surface area contributed by atoms with E-state index < -0.39 is 42.0 Å². The molecule has 0 radical (unpaired) electrons. The van der Waals surface area contributed by atoms with Crippen molar-refractivity contribution in [3.8, 4) is 12.0 Å². The molecule has 2 aromatic heterocycles. The van der Waals surface area contributed by atoms with Crippen LogP contribution in [0.2, 0.25) is 0 Å². The van der Waals surface area contributed by atoms with Crippen LogP contribution in [0.1, 0.15) is 11.1 Å². The van der Waals surface area contributed by atoms with Gasteiger partial charge in [0, 0.05) is 0 Å². The molecule has 268 valence electrons. The van der Waals surface area contributed by atoms with Gasteiger partial charge in [-0.2, -0.15) is 46.7 Å². The van der Waals surface area contributed by atoms with Crippen molar-refractivity contribution in [3.05, 3.63) is 121 Å². The maximum absolute atomic E-state index is 12.7. The Morgan fingerprint density at radius 3 is 1.24 bits per heavy atom. The number of aromatic nitrogens is 6. The van der Waals surface area contributed by atoms with E-state index in [0.29, 0.717) is 11.4 Å². The zero-order valence-electron chi connectivity index (χ0n) is 26.4. The molecule has 0 unspecified atom stereocenters. The first-order valence-corrected chi connectivity index (χ1v) is 17.6. The van der Waals surface area contributed by atoms with Crippen LogP contribution >= 0.6 is 0 Å². The number of hydrogen-bond acceptors (Lipinski definition) is 16. The number of para-hydroxylation sites is 2. The predicted octanol–water partition coefficient (Wildman–Crippen LogP) is 3.17. The van der Waals surface area contributed by atoms with Crippen LogP contribution in [0.25, 0.3) is 12.2 Å². The van der Waals surface area contributed by atoms with Crippen molar-refractivity contribution in [3.63, 3.8) is 0 Å². The Morgan fingerprint density at radius 2 is 0.907 bits per heavy atom. The molecule has 22 heteroatoms. The fourth-order valence-electron chi connectivity index (χ4n) is 4.74. The third kappa shape index (κ3) is 10.5. The number of aromatic hydroxyl groups is 2. The summed E-state index contributed by atoms with van der Waals surface area (Å²) in [4.78, 5) is 21.9. The van der Waals surface area contributed by atoms with E-state index in [0.717, 1.165) is 24.8 Å². The van der Waals surface area contributed by atoms with Crippen LogP contribution in [0.4, 0.5) is 34.6 Å². The van der Waals surface area contributed by atoms with E-state index >= 15 is 0 Å². The Labute approximate surface area is 352 Å². The van der Waals surface area contributed by atoms with Crippen molar-refractivity contribution in [2.45, 2.75) is 9.79 Å². The van der Waals surface area contributed by atoms with Crippen LogP contribution in [0.15, 0.2) is 120 Å². The van der Waals surface area contributed by atoms with E-state index in [2.05, 4.69) is 40.8 Å². The fourth-order valence-corrected chi connectivity index (χ4v) is 6.15. The number of nitrogens with one attached hydrogen (secondary N) is 2. The molecule has 0 saturated carbocycles. The first-order valence-electron chi connectivity index (χ1n) is 14.8. The number of nitrogens with zero attached hydrogens (tertiary/aromatic N) is 8. The van der Waals surface area contributed by atoms with Gasteiger partial charge in [-0.05, 0) is 59.7 Å². The summed E-state index contributed by atoms with van der Waals surface area (Å²) in [6.45, 7) is 0. The van der Waals surface area contributed by atoms with Crippen LogP contribution in [0.3, 0.4) is 0 Å². The molecular weight excluding hydrogens is 763 g/mol. The van der Waals surface area contributed by atoms with Gasteiger partial charge in [-0.15, -0.1) is 0 Å². The van der Waals surface area contributed by atoms with Crippen LogP contribution in [-0.4, -0.2) is 125 Å². The zero-order chi connectivity index (χ0) is 36.9. The molecule has 0 saturated heterocycles. The average Bonchev–Trinajstić information content (AvgIpc) is 3.12. The number of rotatable bonds is 12. The zero-order valence-corrected chi connectivity index (χ0v) is 28.0. The molecule has 6 aromatic rings. The van der Waals surface area contributed by atoms with Crippen LogP contribution < -0.4 is 20.9 Å². The Balaban J connectivity index is 0.00000325.